The minimum Gasteiger partial charge on any atom is -0.465 e. The highest BCUT2D eigenvalue weighted by Gasteiger charge is 2.24. The van der Waals surface area contributed by atoms with Crippen molar-refractivity contribution in [1.82, 2.24) is 0 Å². The fraction of sp³-hybridized carbons (Fsp3) is 0.182. The number of hydrogen-bond donors (Lipinski definition) is 0. The Morgan fingerprint density at radius 1 is 1.17 bits per heavy atom. The maximum Gasteiger partial charge on any atom is 0.349 e. The molecule has 0 aliphatic heterocycles. The molecule has 0 bridgehead atoms. The first-order valence-corrected chi connectivity index (χ1v) is 6.38. The Labute approximate surface area is 110 Å². The number of hydrogen-bond acceptors (Lipinski definition) is 7. The van der Waals surface area contributed by atoms with E-state index in [1.807, 2.05) is 6.07 Å². The number of ether oxygens (including phenoxy) is 2. The molecule has 0 N–H and O–H groups in total. The van der Waals surface area contributed by atoms with Crippen molar-refractivity contribution in [3.05, 3.63) is 20.7 Å². The van der Waals surface area contributed by atoms with Crippen LogP contribution in [-0.4, -0.2) is 26.2 Å². The minimum absolute atomic E-state index is 0.311. The highest BCUT2D eigenvalue weighted by Crippen LogP contribution is 2.38. The molecule has 0 atom stereocenters. The van der Waals surface area contributed by atoms with Crippen LogP contribution in [0.1, 0.15) is 24.2 Å². The zero-order chi connectivity index (χ0) is 13.3. The molecule has 0 aliphatic rings. The van der Waals surface area contributed by atoms with E-state index in [9.17, 15) is 9.59 Å². The van der Waals surface area contributed by atoms with Crippen LogP contribution in [0.25, 0.3) is 10.1 Å². The van der Waals surface area contributed by atoms with Crippen LogP contribution in [0, 0.1) is 11.3 Å². The van der Waals surface area contributed by atoms with Crippen LogP contribution in [0.3, 0.4) is 0 Å². The maximum atomic E-state index is 11.6. The first-order valence-electron chi connectivity index (χ1n) is 4.75. The number of nitrogens with zero attached hydrogens (tertiary/aromatic N) is 1. The molecule has 2 aromatic heterocycles. The standard InChI is InChI=1S/C11H7NO4S2/c1-15-10(13)8-6-3-5(4-12)17-7(6)9(18-8)11(14)16-2/h3H,1-2H3. The lowest BCUT2D eigenvalue weighted by Gasteiger charge is -1.94. The van der Waals surface area contributed by atoms with Gasteiger partial charge in [0.2, 0.25) is 0 Å². The summed E-state index contributed by atoms with van der Waals surface area (Å²) >= 11 is 2.17. The van der Waals surface area contributed by atoms with Crippen LogP contribution in [0.4, 0.5) is 0 Å². The molecule has 0 aliphatic carbocycles. The minimum atomic E-state index is -0.526. The number of carbonyl (C=O) groups excluding carboxylic acids is 2. The van der Waals surface area contributed by atoms with E-state index in [2.05, 4.69) is 9.47 Å². The topological polar surface area (TPSA) is 76.4 Å². The number of esters is 2. The van der Waals surface area contributed by atoms with Crippen LogP contribution < -0.4 is 0 Å². The van der Waals surface area contributed by atoms with Crippen molar-refractivity contribution >= 4 is 44.7 Å². The monoisotopic (exact) mass is 281 g/mol. The summed E-state index contributed by atoms with van der Waals surface area (Å²) in [6.07, 6.45) is 0. The summed E-state index contributed by atoms with van der Waals surface area (Å²) in [5, 5.41) is 9.43. The van der Waals surface area contributed by atoms with Crippen molar-refractivity contribution in [2.45, 2.75) is 0 Å². The molecule has 0 saturated carbocycles. The molecule has 2 aromatic rings. The van der Waals surface area contributed by atoms with Gasteiger partial charge in [0.15, 0.2) is 0 Å². The van der Waals surface area contributed by atoms with Crippen LogP contribution in [0.2, 0.25) is 0 Å². The van der Waals surface area contributed by atoms with Crippen molar-refractivity contribution in [3.63, 3.8) is 0 Å². The summed E-state index contributed by atoms with van der Waals surface area (Å²) in [7, 11) is 2.54. The average Bonchev–Trinajstić information content (AvgIpc) is 2.94. The fourth-order valence-electron chi connectivity index (χ4n) is 1.46. The third kappa shape index (κ3) is 1.85. The van der Waals surface area contributed by atoms with Gasteiger partial charge in [-0.25, -0.2) is 9.59 Å². The summed E-state index contributed by atoms with van der Waals surface area (Å²) in [5.41, 5.74) is 0. The predicted molar refractivity (Wildman–Crippen MR) is 67.1 cm³/mol. The molecule has 0 unspecified atom stereocenters. The van der Waals surface area contributed by atoms with Gasteiger partial charge in [-0.15, -0.1) is 22.7 Å². The largest absolute Gasteiger partial charge is 0.465 e. The van der Waals surface area contributed by atoms with Gasteiger partial charge in [-0.05, 0) is 6.07 Å². The Kier molecular flexibility index (Phi) is 3.32. The highest BCUT2D eigenvalue weighted by molar-refractivity contribution is 7.26. The van der Waals surface area contributed by atoms with Gasteiger partial charge < -0.3 is 9.47 Å². The second kappa shape index (κ2) is 4.76. The zero-order valence-electron chi connectivity index (χ0n) is 9.47. The van der Waals surface area contributed by atoms with Gasteiger partial charge in [-0.3, -0.25) is 0 Å². The maximum absolute atomic E-state index is 11.6. The number of methoxy groups -OCH3 is 2. The van der Waals surface area contributed by atoms with E-state index in [1.54, 1.807) is 6.07 Å². The van der Waals surface area contributed by atoms with Crippen molar-refractivity contribution in [1.29, 1.82) is 5.26 Å². The third-order valence-corrected chi connectivity index (χ3v) is 4.59. The van der Waals surface area contributed by atoms with Gasteiger partial charge in [-0.1, -0.05) is 0 Å². The molecule has 5 nitrogen and oxygen atoms in total. The Balaban J connectivity index is 2.73. The van der Waals surface area contributed by atoms with Crippen molar-refractivity contribution < 1.29 is 19.1 Å². The van der Waals surface area contributed by atoms with Crippen LogP contribution >= 0.6 is 22.7 Å². The van der Waals surface area contributed by atoms with Gasteiger partial charge in [0.1, 0.15) is 20.7 Å². The average molecular weight is 281 g/mol. The van der Waals surface area contributed by atoms with Gasteiger partial charge in [0.05, 0.1) is 18.9 Å². The normalized spacial score (nSPS) is 10.1. The lowest BCUT2D eigenvalue weighted by atomic mass is 10.3. The van der Waals surface area contributed by atoms with E-state index in [0.717, 1.165) is 22.7 Å². The van der Waals surface area contributed by atoms with Crippen LogP contribution in [0.15, 0.2) is 6.07 Å². The summed E-state index contributed by atoms with van der Waals surface area (Å²) < 4.78 is 9.90. The van der Waals surface area contributed by atoms with E-state index in [1.165, 1.54) is 14.2 Å². The molecule has 0 aromatic carbocycles. The van der Waals surface area contributed by atoms with Crippen molar-refractivity contribution in [2.24, 2.45) is 0 Å². The van der Waals surface area contributed by atoms with E-state index in [4.69, 9.17) is 5.26 Å². The Bertz CT molecular complexity index is 629. The molecular weight excluding hydrogens is 274 g/mol. The summed E-state index contributed by atoms with van der Waals surface area (Å²) in [4.78, 5) is 24.3. The molecule has 18 heavy (non-hydrogen) atoms. The molecular formula is C11H7NO4S2. The molecule has 0 radical (unpaired) electrons. The van der Waals surface area contributed by atoms with Gasteiger partial charge >= 0.3 is 11.9 Å². The van der Waals surface area contributed by atoms with Crippen LogP contribution in [0.5, 0.6) is 0 Å². The lowest BCUT2D eigenvalue weighted by Crippen LogP contribution is -1.99. The first kappa shape index (κ1) is 12.5. The zero-order valence-corrected chi connectivity index (χ0v) is 11.1. The van der Waals surface area contributed by atoms with E-state index < -0.39 is 11.9 Å². The number of rotatable bonds is 2. The Morgan fingerprint density at radius 3 is 2.33 bits per heavy atom. The second-order valence-electron chi connectivity index (χ2n) is 3.21. The van der Waals surface area contributed by atoms with Crippen molar-refractivity contribution in [2.75, 3.05) is 14.2 Å². The second-order valence-corrected chi connectivity index (χ2v) is 5.28. The summed E-state index contributed by atoms with van der Waals surface area (Å²) in [6.45, 7) is 0. The number of fused-ring (bicyclic) bond motifs is 1. The third-order valence-electron chi connectivity index (χ3n) is 2.24. The van der Waals surface area contributed by atoms with Gasteiger partial charge in [0.25, 0.3) is 0 Å². The molecule has 7 heteroatoms. The quantitative estimate of drug-likeness (QED) is 0.790. The van der Waals surface area contributed by atoms with E-state index in [-0.39, 0.29) is 0 Å². The highest BCUT2D eigenvalue weighted by atomic mass is 32.1. The van der Waals surface area contributed by atoms with Gasteiger partial charge in [-0.2, -0.15) is 5.26 Å². The number of nitriles is 1. The molecule has 0 spiro atoms. The molecule has 0 amide bonds. The smallest absolute Gasteiger partial charge is 0.349 e. The van der Waals surface area contributed by atoms with Crippen molar-refractivity contribution in [3.8, 4) is 6.07 Å². The molecule has 2 rings (SSSR count). The lowest BCUT2D eigenvalue weighted by molar-refractivity contribution is 0.0602. The molecule has 0 saturated heterocycles. The Hall–Kier alpha value is -1.91. The fourth-order valence-corrected chi connectivity index (χ4v) is 3.67. The number of thiophene rings is 2. The summed E-state index contributed by atoms with van der Waals surface area (Å²) in [5.74, 6) is -1.05. The number of carbonyl (C=O) groups is 2. The van der Waals surface area contributed by atoms with Crippen LogP contribution in [-0.2, 0) is 9.47 Å². The molecule has 92 valence electrons. The summed E-state index contributed by atoms with van der Waals surface area (Å²) in [6, 6.07) is 3.57. The van der Waals surface area contributed by atoms with E-state index in [0.29, 0.717) is 24.7 Å². The van der Waals surface area contributed by atoms with Gasteiger partial charge in [0, 0.05) is 5.39 Å². The molecule has 0 fully saturated rings. The first-order chi connectivity index (χ1) is 8.62. The SMILES string of the molecule is COC(=O)c1sc(C(=O)OC)c2sc(C#N)cc12. The predicted octanol–water partition coefficient (Wildman–Crippen LogP) is 2.41. The molecule has 2 heterocycles. The van der Waals surface area contributed by atoms with E-state index >= 15 is 0 Å². The Morgan fingerprint density at radius 2 is 1.78 bits per heavy atom.